The zero-order chi connectivity index (χ0) is 16.5. The molecule has 0 unspecified atom stereocenters. The molecule has 2 aliphatic rings. The summed E-state index contributed by atoms with van der Waals surface area (Å²) in [6, 6.07) is 3.42. The molecule has 1 N–H and O–H groups in total. The topological polar surface area (TPSA) is 65.5 Å². The average Bonchev–Trinajstić information content (AvgIpc) is 3.34. The first-order valence-corrected chi connectivity index (χ1v) is 10.6. The third kappa shape index (κ3) is 3.81. The summed E-state index contributed by atoms with van der Waals surface area (Å²) in [7, 11) is -1.42. The van der Waals surface area contributed by atoms with Gasteiger partial charge in [0.2, 0.25) is 10.0 Å². The second-order valence-corrected chi connectivity index (χ2v) is 9.54. The van der Waals surface area contributed by atoms with E-state index in [9.17, 15) is 8.42 Å². The number of anilines is 1. The van der Waals surface area contributed by atoms with Gasteiger partial charge in [-0.3, -0.25) is 0 Å². The van der Waals surface area contributed by atoms with Crippen LogP contribution in [-0.4, -0.2) is 73.4 Å². The largest absolute Gasteiger partial charge is 0.369 e. The lowest BCUT2D eigenvalue weighted by molar-refractivity contribution is 0.222. The minimum Gasteiger partial charge on any atom is -0.369 e. The van der Waals surface area contributed by atoms with Gasteiger partial charge in [-0.1, -0.05) is 0 Å². The first-order chi connectivity index (χ1) is 11.0. The summed E-state index contributed by atoms with van der Waals surface area (Å²) < 4.78 is 27.1. The van der Waals surface area contributed by atoms with Crippen molar-refractivity contribution in [2.24, 2.45) is 0 Å². The molecule has 0 radical (unpaired) electrons. The highest BCUT2D eigenvalue weighted by atomic mass is 32.2. The Morgan fingerprint density at radius 2 is 1.96 bits per heavy atom. The summed E-state index contributed by atoms with van der Waals surface area (Å²) >= 11 is 1.89. The summed E-state index contributed by atoms with van der Waals surface area (Å²) in [5.74, 6) is 0.739. The molecular weight excluding hydrogens is 332 g/mol. The van der Waals surface area contributed by atoms with Crippen molar-refractivity contribution in [2.75, 3.05) is 51.3 Å². The van der Waals surface area contributed by atoms with E-state index in [0.29, 0.717) is 17.8 Å². The van der Waals surface area contributed by atoms with Crippen LogP contribution < -0.4 is 5.32 Å². The molecule has 2 fully saturated rings. The average molecular weight is 357 g/mol. The zero-order valence-corrected chi connectivity index (χ0v) is 15.3. The zero-order valence-electron chi connectivity index (χ0n) is 13.7. The summed E-state index contributed by atoms with van der Waals surface area (Å²) in [6.07, 6.45) is 6.07. The van der Waals surface area contributed by atoms with Gasteiger partial charge in [0.25, 0.3) is 0 Å². The number of nitrogens with one attached hydrogen (secondary N) is 1. The lowest BCUT2D eigenvalue weighted by atomic mass is 10.4. The lowest BCUT2D eigenvalue weighted by Gasteiger charge is -2.31. The van der Waals surface area contributed by atoms with Gasteiger partial charge < -0.3 is 10.2 Å². The standard InChI is InChI=1S/C15H24N4O2S2/c1-18-7-9-19(10-8-18)23(20,21)13-3-4-14(16-11-13)17-12-15(22-2)5-6-15/h3-4,11H,5-10,12H2,1-2H3,(H,16,17). The van der Waals surface area contributed by atoms with E-state index in [0.717, 1.165) is 25.5 Å². The fourth-order valence-corrected chi connectivity index (χ4v) is 4.75. The van der Waals surface area contributed by atoms with Crippen LogP contribution >= 0.6 is 11.8 Å². The summed E-state index contributed by atoms with van der Waals surface area (Å²) in [4.78, 5) is 6.70. The van der Waals surface area contributed by atoms with Crippen molar-refractivity contribution in [3.63, 3.8) is 0 Å². The number of rotatable bonds is 6. The molecule has 1 saturated carbocycles. The number of hydrogen-bond acceptors (Lipinski definition) is 6. The Bertz CT molecular complexity index is 636. The number of hydrogen-bond donors (Lipinski definition) is 1. The van der Waals surface area contributed by atoms with Gasteiger partial charge in [0.15, 0.2) is 0 Å². The highest BCUT2D eigenvalue weighted by Crippen LogP contribution is 2.46. The predicted molar refractivity (Wildman–Crippen MR) is 94.5 cm³/mol. The number of sulfonamides is 1. The van der Waals surface area contributed by atoms with Crippen LogP contribution in [0.1, 0.15) is 12.8 Å². The first kappa shape index (κ1) is 17.0. The molecule has 0 bridgehead atoms. The predicted octanol–water partition coefficient (Wildman–Crippen LogP) is 1.33. The van der Waals surface area contributed by atoms with Gasteiger partial charge >= 0.3 is 0 Å². The molecule has 3 rings (SSSR count). The molecule has 1 saturated heterocycles. The van der Waals surface area contributed by atoms with Gasteiger partial charge in [0, 0.05) is 43.7 Å². The van der Waals surface area contributed by atoms with E-state index in [2.05, 4.69) is 21.5 Å². The lowest BCUT2D eigenvalue weighted by Crippen LogP contribution is -2.47. The number of pyridine rings is 1. The van der Waals surface area contributed by atoms with Gasteiger partial charge in [-0.15, -0.1) is 0 Å². The minimum atomic E-state index is -3.43. The van der Waals surface area contributed by atoms with Crippen molar-refractivity contribution in [3.05, 3.63) is 18.3 Å². The Kier molecular flexibility index (Phi) is 4.87. The second-order valence-electron chi connectivity index (χ2n) is 6.33. The van der Waals surface area contributed by atoms with Crippen molar-refractivity contribution in [1.29, 1.82) is 0 Å². The van der Waals surface area contributed by atoms with Gasteiger partial charge in [0.05, 0.1) is 0 Å². The van der Waals surface area contributed by atoms with Gasteiger partial charge in [0.1, 0.15) is 10.7 Å². The van der Waals surface area contributed by atoms with E-state index < -0.39 is 10.0 Å². The van der Waals surface area contributed by atoms with Crippen LogP contribution in [0.4, 0.5) is 5.82 Å². The highest BCUT2D eigenvalue weighted by Gasteiger charge is 2.41. The van der Waals surface area contributed by atoms with E-state index in [1.54, 1.807) is 16.4 Å². The van der Waals surface area contributed by atoms with Gasteiger partial charge in [-0.05, 0) is 38.3 Å². The van der Waals surface area contributed by atoms with E-state index in [-0.39, 0.29) is 4.90 Å². The summed E-state index contributed by atoms with van der Waals surface area (Å²) in [5, 5.41) is 3.32. The number of piperazine rings is 1. The second kappa shape index (κ2) is 6.58. The normalized spacial score (nSPS) is 22.0. The molecular formula is C15H24N4O2S2. The molecule has 0 spiro atoms. The Morgan fingerprint density at radius 3 is 2.48 bits per heavy atom. The molecule has 0 amide bonds. The maximum Gasteiger partial charge on any atom is 0.244 e. The molecule has 1 aliphatic carbocycles. The Hall–Kier alpha value is -0.830. The van der Waals surface area contributed by atoms with E-state index in [1.807, 2.05) is 18.8 Å². The molecule has 0 atom stereocenters. The van der Waals surface area contributed by atoms with Crippen LogP contribution in [0.5, 0.6) is 0 Å². The summed E-state index contributed by atoms with van der Waals surface area (Å²) in [6.45, 7) is 3.49. The Morgan fingerprint density at radius 1 is 1.26 bits per heavy atom. The maximum absolute atomic E-state index is 12.6. The van der Waals surface area contributed by atoms with Crippen LogP contribution in [0.3, 0.4) is 0 Å². The number of thioether (sulfide) groups is 1. The van der Waals surface area contributed by atoms with Crippen molar-refractivity contribution in [3.8, 4) is 0 Å². The highest BCUT2D eigenvalue weighted by molar-refractivity contribution is 8.00. The molecule has 1 aromatic rings. The van der Waals surface area contributed by atoms with Crippen molar-refractivity contribution >= 4 is 27.6 Å². The molecule has 0 aromatic carbocycles. The minimum absolute atomic E-state index is 0.276. The van der Waals surface area contributed by atoms with E-state index in [1.165, 1.54) is 19.0 Å². The van der Waals surface area contributed by atoms with Gasteiger partial charge in [-0.25, -0.2) is 13.4 Å². The van der Waals surface area contributed by atoms with E-state index in [4.69, 9.17) is 0 Å². The summed E-state index contributed by atoms with van der Waals surface area (Å²) in [5.41, 5.74) is 0. The quantitative estimate of drug-likeness (QED) is 0.829. The number of aromatic nitrogens is 1. The SMILES string of the molecule is CSC1(CNc2ccc(S(=O)(=O)N3CCN(C)CC3)cn2)CC1. The van der Waals surface area contributed by atoms with Gasteiger partial charge in [-0.2, -0.15) is 16.1 Å². The van der Waals surface area contributed by atoms with Crippen molar-refractivity contribution < 1.29 is 8.42 Å². The molecule has 128 valence electrons. The Balaban J connectivity index is 1.64. The van der Waals surface area contributed by atoms with Crippen LogP contribution in [-0.2, 0) is 10.0 Å². The smallest absolute Gasteiger partial charge is 0.244 e. The monoisotopic (exact) mass is 356 g/mol. The van der Waals surface area contributed by atoms with Crippen LogP contribution in [0, 0.1) is 0 Å². The molecule has 23 heavy (non-hydrogen) atoms. The fraction of sp³-hybridized carbons (Fsp3) is 0.667. The Labute approximate surface area is 142 Å². The number of nitrogens with zero attached hydrogens (tertiary/aromatic N) is 3. The van der Waals surface area contributed by atoms with Crippen molar-refractivity contribution in [2.45, 2.75) is 22.5 Å². The van der Waals surface area contributed by atoms with Crippen LogP contribution in [0.15, 0.2) is 23.2 Å². The third-order valence-corrected chi connectivity index (χ3v) is 7.97. The fourth-order valence-electron chi connectivity index (χ4n) is 2.66. The molecule has 6 nitrogen and oxygen atoms in total. The molecule has 1 aromatic heterocycles. The maximum atomic E-state index is 12.6. The molecule has 1 aliphatic heterocycles. The van der Waals surface area contributed by atoms with E-state index >= 15 is 0 Å². The molecule has 2 heterocycles. The number of likely N-dealkylation sites (N-methyl/N-ethyl adjacent to an activating group) is 1. The third-order valence-electron chi connectivity index (χ3n) is 4.67. The van der Waals surface area contributed by atoms with Crippen LogP contribution in [0.25, 0.3) is 0 Å². The van der Waals surface area contributed by atoms with Crippen LogP contribution in [0.2, 0.25) is 0 Å². The molecule has 8 heteroatoms. The van der Waals surface area contributed by atoms with Crippen molar-refractivity contribution in [1.82, 2.24) is 14.2 Å². The first-order valence-electron chi connectivity index (χ1n) is 7.89.